The Kier molecular flexibility index (Phi) is 6.52. The van der Waals surface area contributed by atoms with Gasteiger partial charge in [0.05, 0.1) is 13.2 Å². The highest BCUT2D eigenvalue weighted by atomic mass is 16.5. The van der Waals surface area contributed by atoms with Crippen molar-refractivity contribution in [2.24, 2.45) is 0 Å². The SMILES string of the molecule is COC(=O)C(Cc1c[nH]c2ccccc12)N1CC(NC(=O)OCC2c3ccccc3-c3ccccc32)CC1=O. The highest BCUT2D eigenvalue weighted by Gasteiger charge is 2.39. The summed E-state index contributed by atoms with van der Waals surface area (Å²) in [6.45, 7) is 0.390. The van der Waals surface area contributed by atoms with E-state index >= 15 is 0 Å². The third-order valence-corrected chi connectivity index (χ3v) is 7.76. The van der Waals surface area contributed by atoms with E-state index in [-0.39, 0.29) is 31.4 Å². The second-order valence-electron chi connectivity index (χ2n) is 10.0. The molecule has 39 heavy (non-hydrogen) atoms. The first-order valence-electron chi connectivity index (χ1n) is 13.1. The summed E-state index contributed by atoms with van der Waals surface area (Å²) in [4.78, 5) is 43.2. The number of amides is 2. The molecule has 2 heterocycles. The maximum absolute atomic E-state index is 13.0. The lowest BCUT2D eigenvalue weighted by atomic mass is 9.98. The van der Waals surface area contributed by atoms with E-state index in [0.717, 1.165) is 38.7 Å². The van der Waals surface area contributed by atoms with Crippen LogP contribution < -0.4 is 5.32 Å². The number of nitrogens with one attached hydrogen (secondary N) is 2. The number of hydrogen-bond acceptors (Lipinski definition) is 5. The predicted molar refractivity (Wildman–Crippen MR) is 146 cm³/mol. The summed E-state index contributed by atoms with van der Waals surface area (Å²) in [6, 6.07) is 22.8. The molecule has 1 aliphatic heterocycles. The molecule has 0 saturated carbocycles. The number of nitrogens with zero attached hydrogens (tertiary/aromatic N) is 1. The number of hydrogen-bond donors (Lipinski definition) is 2. The summed E-state index contributed by atoms with van der Waals surface area (Å²) in [6.07, 6.45) is 1.67. The lowest BCUT2D eigenvalue weighted by Crippen LogP contribution is -2.46. The second-order valence-corrected chi connectivity index (χ2v) is 10.0. The van der Waals surface area contributed by atoms with Crippen molar-refractivity contribution < 1.29 is 23.9 Å². The number of H-pyrrole nitrogens is 1. The van der Waals surface area contributed by atoms with Gasteiger partial charge in [0.1, 0.15) is 12.6 Å². The quantitative estimate of drug-likeness (QED) is 0.350. The summed E-state index contributed by atoms with van der Waals surface area (Å²) in [5.74, 6) is -0.755. The molecule has 1 aromatic heterocycles. The fourth-order valence-electron chi connectivity index (χ4n) is 5.90. The van der Waals surface area contributed by atoms with Crippen LogP contribution >= 0.6 is 0 Å². The van der Waals surface area contributed by atoms with Crippen LogP contribution in [-0.2, 0) is 25.5 Å². The van der Waals surface area contributed by atoms with Gasteiger partial charge in [-0.15, -0.1) is 0 Å². The van der Waals surface area contributed by atoms with Crippen LogP contribution in [0.25, 0.3) is 22.0 Å². The van der Waals surface area contributed by atoms with Crippen molar-refractivity contribution in [3.8, 4) is 11.1 Å². The van der Waals surface area contributed by atoms with Crippen molar-refractivity contribution in [3.05, 3.63) is 95.7 Å². The van der Waals surface area contributed by atoms with E-state index in [2.05, 4.69) is 34.6 Å². The fraction of sp³-hybridized carbons (Fsp3) is 0.258. The Balaban J connectivity index is 1.11. The highest BCUT2D eigenvalue weighted by molar-refractivity contribution is 5.89. The number of likely N-dealkylation sites (tertiary alicyclic amines) is 1. The Labute approximate surface area is 225 Å². The highest BCUT2D eigenvalue weighted by Crippen LogP contribution is 2.44. The molecule has 0 spiro atoms. The molecular weight excluding hydrogens is 494 g/mol. The van der Waals surface area contributed by atoms with Crippen molar-refractivity contribution in [1.29, 1.82) is 0 Å². The van der Waals surface area contributed by atoms with Crippen molar-refractivity contribution >= 4 is 28.9 Å². The smallest absolute Gasteiger partial charge is 0.407 e. The van der Waals surface area contributed by atoms with Crippen LogP contribution in [0, 0.1) is 0 Å². The molecule has 6 rings (SSSR count). The van der Waals surface area contributed by atoms with E-state index in [0.29, 0.717) is 6.42 Å². The van der Waals surface area contributed by atoms with Crippen molar-refractivity contribution in [2.45, 2.75) is 30.8 Å². The zero-order chi connectivity index (χ0) is 26.9. The van der Waals surface area contributed by atoms with Gasteiger partial charge in [-0.2, -0.15) is 0 Å². The first-order valence-corrected chi connectivity index (χ1v) is 13.1. The largest absolute Gasteiger partial charge is 0.467 e. The summed E-state index contributed by atoms with van der Waals surface area (Å²) < 4.78 is 10.7. The zero-order valence-electron chi connectivity index (χ0n) is 21.6. The van der Waals surface area contributed by atoms with Gasteiger partial charge in [-0.1, -0.05) is 66.7 Å². The Bertz CT molecular complexity index is 1520. The third-order valence-electron chi connectivity index (χ3n) is 7.76. The van der Waals surface area contributed by atoms with Gasteiger partial charge in [-0.05, 0) is 33.9 Å². The Morgan fingerprint density at radius 3 is 2.38 bits per heavy atom. The molecule has 2 aliphatic rings. The Morgan fingerprint density at radius 2 is 1.67 bits per heavy atom. The molecule has 2 N–H and O–H groups in total. The van der Waals surface area contributed by atoms with Crippen molar-refractivity contribution in [1.82, 2.24) is 15.2 Å². The van der Waals surface area contributed by atoms with Crippen LogP contribution in [0.1, 0.15) is 29.0 Å². The molecule has 4 aromatic rings. The van der Waals surface area contributed by atoms with Gasteiger partial charge in [-0.25, -0.2) is 9.59 Å². The number of methoxy groups -OCH3 is 1. The normalized spacial score (nSPS) is 17.1. The molecule has 198 valence electrons. The molecule has 2 amide bonds. The fourth-order valence-corrected chi connectivity index (χ4v) is 5.90. The number of carbonyl (C=O) groups is 3. The number of rotatable bonds is 7. The molecule has 2 atom stereocenters. The summed E-state index contributed by atoms with van der Waals surface area (Å²) in [7, 11) is 1.32. The van der Waals surface area contributed by atoms with Gasteiger partial charge >= 0.3 is 12.1 Å². The molecule has 1 saturated heterocycles. The minimum absolute atomic E-state index is 0.0512. The minimum atomic E-state index is -0.795. The number of aromatic nitrogens is 1. The maximum Gasteiger partial charge on any atom is 0.407 e. The Hall–Kier alpha value is -4.59. The summed E-state index contributed by atoms with van der Waals surface area (Å²) in [5.41, 5.74) is 6.45. The summed E-state index contributed by atoms with van der Waals surface area (Å²) >= 11 is 0. The second kappa shape index (κ2) is 10.3. The van der Waals surface area contributed by atoms with Crippen LogP contribution in [-0.4, -0.2) is 60.2 Å². The van der Waals surface area contributed by atoms with Crippen molar-refractivity contribution in [2.75, 3.05) is 20.3 Å². The third kappa shape index (κ3) is 4.63. The predicted octanol–water partition coefficient (Wildman–Crippen LogP) is 4.39. The van der Waals surface area contributed by atoms with Crippen LogP contribution in [0.3, 0.4) is 0 Å². The lowest BCUT2D eigenvalue weighted by Gasteiger charge is -2.26. The first-order chi connectivity index (χ1) is 19.0. The average Bonchev–Trinajstić information content (AvgIpc) is 3.63. The topological polar surface area (TPSA) is 101 Å². The van der Waals surface area contributed by atoms with Crippen LogP contribution in [0.4, 0.5) is 4.79 Å². The number of aromatic amines is 1. The average molecular weight is 524 g/mol. The van der Waals surface area contributed by atoms with Gasteiger partial charge in [-0.3, -0.25) is 4.79 Å². The van der Waals surface area contributed by atoms with Crippen LogP contribution in [0.5, 0.6) is 0 Å². The zero-order valence-corrected chi connectivity index (χ0v) is 21.6. The van der Waals surface area contributed by atoms with E-state index < -0.39 is 24.1 Å². The van der Waals surface area contributed by atoms with E-state index in [1.54, 1.807) is 0 Å². The van der Waals surface area contributed by atoms with Gasteiger partial charge in [0.25, 0.3) is 0 Å². The number of alkyl carbamates (subject to hydrolysis) is 1. The van der Waals surface area contributed by atoms with Crippen molar-refractivity contribution in [3.63, 3.8) is 0 Å². The van der Waals surface area contributed by atoms with Crippen LogP contribution in [0.2, 0.25) is 0 Å². The van der Waals surface area contributed by atoms with Gasteiger partial charge in [0.15, 0.2) is 0 Å². The number of esters is 1. The van der Waals surface area contributed by atoms with E-state index in [1.165, 1.54) is 12.0 Å². The van der Waals surface area contributed by atoms with E-state index in [4.69, 9.17) is 9.47 Å². The molecule has 0 radical (unpaired) electrons. The van der Waals surface area contributed by atoms with Gasteiger partial charge < -0.3 is 24.7 Å². The molecule has 3 aromatic carbocycles. The molecule has 1 aliphatic carbocycles. The maximum atomic E-state index is 13.0. The van der Waals surface area contributed by atoms with Gasteiger partial charge in [0.2, 0.25) is 5.91 Å². The van der Waals surface area contributed by atoms with E-state index in [9.17, 15) is 14.4 Å². The number of carbonyl (C=O) groups excluding carboxylic acids is 3. The number of ether oxygens (including phenoxy) is 2. The molecular formula is C31H29N3O5. The molecule has 8 nitrogen and oxygen atoms in total. The van der Waals surface area contributed by atoms with E-state index in [1.807, 2.05) is 54.7 Å². The number of benzene rings is 3. The monoisotopic (exact) mass is 523 g/mol. The number of fused-ring (bicyclic) bond motifs is 4. The molecule has 2 unspecified atom stereocenters. The summed E-state index contributed by atoms with van der Waals surface area (Å²) in [5, 5.41) is 3.82. The standard InChI is InChI=1S/C31H29N3O5/c1-38-30(36)28(14-19-16-32-27-13-7-6-8-21(19)27)34-17-20(15-29(34)35)33-31(37)39-18-26-24-11-4-2-9-22(24)23-10-3-5-12-25(23)26/h2-13,16,20,26,28,32H,14-15,17-18H2,1H3,(H,33,37). The Morgan fingerprint density at radius 1 is 1.00 bits per heavy atom. The molecule has 1 fully saturated rings. The minimum Gasteiger partial charge on any atom is -0.467 e. The molecule has 0 bridgehead atoms. The molecule has 8 heteroatoms. The lowest BCUT2D eigenvalue weighted by molar-refractivity contribution is -0.151. The van der Waals surface area contributed by atoms with Gasteiger partial charge in [0, 0.05) is 42.4 Å². The number of para-hydroxylation sites is 1. The van der Waals surface area contributed by atoms with Crippen LogP contribution in [0.15, 0.2) is 79.0 Å². The first kappa shape index (κ1) is 24.7.